The smallest absolute Gasteiger partial charge is 0.325 e. The van der Waals surface area contributed by atoms with Crippen molar-refractivity contribution in [3.8, 4) is 0 Å². The number of Topliss-reactive ketones (excluding diaryl/α,β-unsaturated/α-hetero) is 1. The zero-order valence-corrected chi connectivity index (χ0v) is 19.7. The SMILES string of the molecule is CCn1c(C2CCN(CC(=O)Nc3ccc(C(C)=O)cc3)CC2)nn(Cc2ccccc2)c1=O. The molecule has 3 aromatic rings. The van der Waals surface area contributed by atoms with Gasteiger partial charge in [0.05, 0.1) is 13.1 Å². The Bertz CT molecular complexity index is 1190. The maximum Gasteiger partial charge on any atom is 0.346 e. The Morgan fingerprint density at radius 3 is 2.32 bits per heavy atom. The van der Waals surface area contributed by atoms with Crippen molar-refractivity contribution in [2.45, 2.75) is 45.7 Å². The summed E-state index contributed by atoms with van der Waals surface area (Å²) < 4.78 is 3.34. The molecule has 1 N–H and O–H groups in total. The molecule has 0 atom stereocenters. The molecule has 8 nitrogen and oxygen atoms in total. The number of rotatable bonds is 8. The van der Waals surface area contributed by atoms with Crippen LogP contribution in [0.3, 0.4) is 0 Å². The van der Waals surface area contributed by atoms with Crippen molar-refractivity contribution in [1.29, 1.82) is 0 Å². The Hall–Kier alpha value is -3.52. The molecule has 2 aromatic carbocycles. The Morgan fingerprint density at radius 1 is 1.03 bits per heavy atom. The molecule has 2 heterocycles. The highest BCUT2D eigenvalue weighted by atomic mass is 16.2. The largest absolute Gasteiger partial charge is 0.346 e. The van der Waals surface area contributed by atoms with Crippen LogP contribution in [0, 0.1) is 0 Å². The molecule has 8 heteroatoms. The molecule has 0 saturated carbocycles. The summed E-state index contributed by atoms with van der Waals surface area (Å²) in [5.41, 5.74) is 2.28. The number of ketones is 1. The number of nitrogens with zero attached hydrogens (tertiary/aromatic N) is 4. The number of carbonyl (C=O) groups excluding carboxylic acids is 2. The van der Waals surface area contributed by atoms with Crippen LogP contribution >= 0.6 is 0 Å². The summed E-state index contributed by atoms with van der Waals surface area (Å²) in [6.07, 6.45) is 1.70. The number of hydrogen-bond acceptors (Lipinski definition) is 5. The first-order valence-electron chi connectivity index (χ1n) is 11.8. The molecule has 178 valence electrons. The van der Waals surface area contributed by atoms with E-state index in [2.05, 4.69) is 10.2 Å². The molecule has 1 aromatic heterocycles. The van der Waals surface area contributed by atoms with Crippen molar-refractivity contribution in [2.24, 2.45) is 0 Å². The maximum absolute atomic E-state index is 12.9. The second-order valence-electron chi connectivity index (χ2n) is 8.76. The Balaban J connectivity index is 1.34. The van der Waals surface area contributed by atoms with Crippen LogP contribution in [0.2, 0.25) is 0 Å². The van der Waals surface area contributed by atoms with Crippen LogP contribution in [0.1, 0.15) is 54.4 Å². The van der Waals surface area contributed by atoms with E-state index < -0.39 is 0 Å². The second kappa shape index (κ2) is 10.6. The van der Waals surface area contributed by atoms with E-state index in [0.717, 1.165) is 37.3 Å². The monoisotopic (exact) mass is 461 g/mol. The fourth-order valence-corrected chi connectivity index (χ4v) is 4.46. The van der Waals surface area contributed by atoms with E-state index in [1.165, 1.54) is 6.92 Å². The molecule has 1 amide bonds. The normalized spacial score (nSPS) is 14.8. The molecule has 0 spiro atoms. The van der Waals surface area contributed by atoms with Gasteiger partial charge in [0.1, 0.15) is 5.82 Å². The van der Waals surface area contributed by atoms with Crippen LogP contribution in [0.15, 0.2) is 59.4 Å². The first-order valence-corrected chi connectivity index (χ1v) is 11.8. The van der Waals surface area contributed by atoms with E-state index in [-0.39, 0.29) is 23.3 Å². The standard InChI is InChI=1S/C26H31N5O3/c1-3-30-25(28-31(26(30)34)17-20-7-5-4-6-8-20)22-13-15-29(16-14-22)18-24(33)27-23-11-9-21(10-12-23)19(2)32/h4-12,22H,3,13-18H2,1-2H3,(H,27,33). The van der Waals surface area contributed by atoms with Crippen molar-refractivity contribution in [2.75, 3.05) is 25.0 Å². The summed E-state index contributed by atoms with van der Waals surface area (Å²) in [4.78, 5) is 38.9. The van der Waals surface area contributed by atoms with Gasteiger partial charge in [-0.1, -0.05) is 30.3 Å². The van der Waals surface area contributed by atoms with Gasteiger partial charge >= 0.3 is 5.69 Å². The van der Waals surface area contributed by atoms with Crippen molar-refractivity contribution in [3.05, 3.63) is 82.0 Å². The number of nitrogens with one attached hydrogen (secondary N) is 1. The second-order valence-corrected chi connectivity index (χ2v) is 8.76. The Kier molecular flexibility index (Phi) is 7.37. The van der Waals surface area contributed by atoms with Gasteiger partial charge in [-0.25, -0.2) is 9.48 Å². The lowest BCUT2D eigenvalue weighted by Gasteiger charge is -2.30. The van der Waals surface area contributed by atoms with Gasteiger partial charge in [0.2, 0.25) is 5.91 Å². The minimum atomic E-state index is -0.0772. The van der Waals surface area contributed by atoms with Gasteiger partial charge < -0.3 is 5.32 Å². The average Bonchev–Trinajstić information content (AvgIpc) is 3.15. The van der Waals surface area contributed by atoms with E-state index in [1.54, 1.807) is 33.5 Å². The Morgan fingerprint density at radius 2 is 1.71 bits per heavy atom. The first kappa shape index (κ1) is 23.6. The lowest BCUT2D eigenvalue weighted by atomic mass is 9.96. The summed E-state index contributed by atoms with van der Waals surface area (Å²) in [5.74, 6) is 0.965. The van der Waals surface area contributed by atoms with Crippen LogP contribution in [0.5, 0.6) is 0 Å². The van der Waals surface area contributed by atoms with Crippen LogP contribution in [0.4, 0.5) is 5.69 Å². The molecule has 0 bridgehead atoms. The van der Waals surface area contributed by atoms with Crippen LogP contribution < -0.4 is 11.0 Å². The first-order chi connectivity index (χ1) is 16.4. The molecule has 1 aliphatic heterocycles. The third-order valence-electron chi connectivity index (χ3n) is 6.34. The molecule has 0 aliphatic carbocycles. The zero-order chi connectivity index (χ0) is 24.1. The highest BCUT2D eigenvalue weighted by molar-refractivity contribution is 5.96. The quantitative estimate of drug-likeness (QED) is 0.521. The summed E-state index contributed by atoms with van der Waals surface area (Å²) in [6, 6.07) is 16.8. The Labute approximate surface area is 199 Å². The number of amides is 1. The van der Waals surface area contributed by atoms with Gasteiger partial charge in [-0.05, 0) is 69.6 Å². The molecular formula is C26H31N5O3. The van der Waals surface area contributed by atoms with E-state index in [9.17, 15) is 14.4 Å². The lowest BCUT2D eigenvalue weighted by molar-refractivity contribution is -0.117. The number of aromatic nitrogens is 3. The number of piperidine rings is 1. The summed E-state index contributed by atoms with van der Waals surface area (Å²) >= 11 is 0. The third-order valence-corrected chi connectivity index (χ3v) is 6.34. The minimum Gasteiger partial charge on any atom is -0.325 e. The van der Waals surface area contributed by atoms with Crippen molar-refractivity contribution in [1.82, 2.24) is 19.2 Å². The molecule has 0 unspecified atom stereocenters. The number of hydrogen-bond donors (Lipinski definition) is 1. The third kappa shape index (κ3) is 5.51. The highest BCUT2D eigenvalue weighted by Gasteiger charge is 2.27. The predicted octanol–water partition coefficient (Wildman–Crippen LogP) is 3.13. The van der Waals surface area contributed by atoms with Gasteiger partial charge in [-0.2, -0.15) is 5.10 Å². The van der Waals surface area contributed by atoms with Gasteiger partial charge in [0.15, 0.2) is 5.78 Å². The lowest BCUT2D eigenvalue weighted by Crippen LogP contribution is -2.39. The summed E-state index contributed by atoms with van der Waals surface area (Å²) in [5, 5.41) is 7.60. The number of carbonyl (C=O) groups is 2. The number of likely N-dealkylation sites (tertiary alicyclic amines) is 1. The molecule has 34 heavy (non-hydrogen) atoms. The van der Waals surface area contributed by atoms with Gasteiger partial charge in [0.25, 0.3) is 0 Å². The summed E-state index contributed by atoms with van der Waals surface area (Å²) in [7, 11) is 0. The molecule has 0 radical (unpaired) electrons. The highest BCUT2D eigenvalue weighted by Crippen LogP contribution is 2.26. The van der Waals surface area contributed by atoms with E-state index >= 15 is 0 Å². The van der Waals surface area contributed by atoms with Crippen LogP contribution in [-0.2, 0) is 17.9 Å². The fourth-order valence-electron chi connectivity index (χ4n) is 4.46. The molecule has 1 fully saturated rings. The van der Waals surface area contributed by atoms with Gasteiger partial charge in [0, 0.05) is 23.7 Å². The van der Waals surface area contributed by atoms with Crippen LogP contribution in [0.25, 0.3) is 0 Å². The molecule has 1 aliphatic rings. The van der Waals surface area contributed by atoms with Crippen molar-refractivity contribution < 1.29 is 9.59 Å². The molecule has 1 saturated heterocycles. The number of anilines is 1. The van der Waals surface area contributed by atoms with Gasteiger partial charge in [-0.3, -0.25) is 19.1 Å². The van der Waals surface area contributed by atoms with Crippen LogP contribution in [-0.4, -0.2) is 50.6 Å². The average molecular weight is 462 g/mol. The summed E-state index contributed by atoms with van der Waals surface area (Å²) in [6.45, 7) is 6.40. The van der Waals surface area contributed by atoms with Gasteiger partial charge in [-0.15, -0.1) is 0 Å². The van der Waals surface area contributed by atoms with E-state index in [4.69, 9.17) is 5.10 Å². The topological polar surface area (TPSA) is 89.2 Å². The van der Waals surface area contributed by atoms with E-state index in [0.29, 0.717) is 30.9 Å². The molecule has 4 rings (SSSR count). The van der Waals surface area contributed by atoms with Crippen molar-refractivity contribution in [3.63, 3.8) is 0 Å². The zero-order valence-electron chi connectivity index (χ0n) is 19.7. The number of benzene rings is 2. The predicted molar refractivity (Wildman–Crippen MR) is 131 cm³/mol. The maximum atomic E-state index is 12.9. The minimum absolute atomic E-state index is 0.000796. The fraction of sp³-hybridized carbons (Fsp3) is 0.385. The van der Waals surface area contributed by atoms with Crippen molar-refractivity contribution >= 4 is 17.4 Å². The molecular weight excluding hydrogens is 430 g/mol. The van der Waals surface area contributed by atoms with E-state index in [1.807, 2.05) is 37.3 Å².